The number of hydrogen-bond donors (Lipinski definition) is 1. The maximum absolute atomic E-state index is 13.5. The fraction of sp³-hybridized carbons (Fsp3) is 0.400. The van der Waals surface area contributed by atoms with Gasteiger partial charge in [-0.15, -0.1) is 0 Å². The molecule has 2 fully saturated rings. The lowest BCUT2D eigenvalue weighted by molar-refractivity contribution is -0.132. The number of nitrogens with zero attached hydrogens (tertiary/aromatic N) is 2. The molecule has 6 nitrogen and oxygen atoms in total. The molecule has 168 valence electrons. The predicted octanol–water partition coefficient (Wildman–Crippen LogP) is 4.35. The lowest BCUT2D eigenvalue weighted by Gasteiger charge is -2.31. The summed E-state index contributed by atoms with van der Waals surface area (Å²) in [5.41, 5.74) is 1.73. The summed E-state index contributed by atoms with van der Waals surface area (Å²) >= 11 is 5.80. The van der Waals surface area contributed by atoms with Gasteiger partial charge in [-0.05, 0) is 54.9 Å². The second kappa shape index (κ2) is 10.1. The zero-order chi connectivity index (χ0) is 22.5. The quantitative estimate of drug-likeness (QED) is 0.634. The van der Waals surface area contributed by atoms with Crippen LogP contribution < -0.4 is 10.1 Å². The minimum absolute atomic E-state index is 0.0568. The third-order valence-corrected chi connectivity index (χ3v) is 6.67. The highest BCUT2D eigenvalue weighted by atomic mass is 32.1. The third-order valence-electron chi connectivity index (χ3n) is 6.24. The molecule has 1 N–H and O–H groups in total. The van der Waals surface area contributed by atoms with Crippen molar-refractivity contribution in [3.63, 3.8) is 0 Å². The number of methoxy groups -OCH3 is 1. The molecule has 1 saturated carbocycles. The van der Waals surface area contributed by atoms with Crippen molar-refractivity contribution in [2.24, 2.45) is 0 Å². The van der Waals surface area contributed by atoms with Crippen molar-refractivity contribution in [1.82, 2.24) is 9.80 Å². The number of hydrogen-bond acceptors (Lipinski definition) is 4. The fourth-order valence-electron chi connectivity index (χ4n) is 4.55. The number of thiocarbonyl (C=S) groups is 1. The summed E-state index contributed by atoms with van der Waals surface area (Å²) in [6, 6.07) is 16.6. The number of anilines is 1. The Labute approximate surface area is 194 Å². The monoisotopic (exact) mass is 451 g/mol. The number of ether oxygens (including phenoxy) is 1. The van der Waals surface area contributed by atoms with Crippen LogP contribution in [-0.4, -0.2) is 45.9 Å². The summed E-state index contributed by atoms with van der Waals surface area (Å²) in [6.45, 7) is 0.473. The average Bonchev–Trinajstić information content (AvgIpc) is 3.04. The Morgan fingerprint density at radius 2 is 1.75 bits per heavy atom. The summed E-state index contributed by atoms with van der Waals surface area (Å²) < 4.78 is 5.25. The summed E-state index contributed by atoms with van der Waals surface area (Å²) in [7, 11) is 1.63. The smallest absolute Gasteiger partial charge is 0.252 e. The van der Waals surface area contributed by atoms with Gasteiger partial charge in [0.1, 0.15) is 11.8 Å². The molecule has 2 aromatic rings. The predicted molar refractivity (Wildman–Crippen MR) is 128 cm³/mol. The molecule has 1 heterocycles. The molecule has 2 aliphatic rings. The first kappa shape index (κ1) is 22.3. The summed E-state index contributed by atoms with van der Waals surface area (Å²) in [5.74, 6) is 0.526. The molecule has 7 heteroatoms. The Kier molecular flexibility index (Phi) is 7.05. The maximum atomic E-state index is 13.5. The number of carbonyl (C=O) groups excluding carboxylic acids is 2. The maximum Gasteiger partial charge on any atom is 0.252 e. The first-order valence-electron chi connectivity index (χ1n) is 11.2. The molecule has 32 heavy (non-hydrogen) atoms. The molecule has 0 radical (unpaired) electrons. The number of nitrogens with one attached hydrogen (secondary N) is 1. The van der Waals surface area contributed by atoms with Crippen LogP contribution in [0.25, 0.3) is 0 Å². The van der Waals surface area contributed by atoms with Crippen molar-refractivity contribution >= 4 is 34.8 Å². The third kappa shape index (κ3) is 4.93. The van der Waals surface area contributed by atoms with E-state index < -0.39 is 6.04 Å². The van der Waals surface area contributed by atoms with Crippen LogP contribution in [0.2, 0.25) is 0 Å². The Bertz CT molecular complexity index is 958. The van der Waals surface area contributed by atoms with Crippen LogP contribution in [-0.2, 0) is 16.1 Å². The summed E-state index contributed by atoms with van der Waals surface area (Å²) in [4.78, 5) is 30.0. The topological polar surface area (TPSA) is 61.9 Å². The van der Waals surface area contributed by atoms with Crippen molar-refractivity contribution in [2.75, 3.05) is 12.4 Å². The van der Waals surface area contributed by atoms with Gasteiger partial charge in [-0.1, -0.05) is 49.6 Å². The van der Waals surface area contributed by atoms with Crippen LogP contribution >= 0.6 is 12.2 Å². The molecule has 1 saturated heterocycles. The van der Waals surface area contributed by atoms with Gasteiger partial charge in [0.2, 0.25) is 5.91 Å². The van der Waals surface area contributed by atoms with Gasteiger partial charge in [-0.25, -0.2) is 0 Å². The highest BCUT2D eigenvalue weighted by Crippen LogP contribution is 2.31. The Morgan fingerprint density at radius 1 is 1.06 bits per heavy atom. The molecule has 0 aromatic heterocycles. The minimum Gasteiger partial charge on any atom is -0.497 e. The first-order valence-corrected chi connectivity index (χ1v) is 11.6. The molecule has 0 spiro atoms. The van der Waals surface area contributed by atoms with Crippen molar-refractivity contribution in [2.45, 2.75) is 57.2 Å². The van der Waals surface area contributed by atoms with E-state index in [1.165, 1.54) is 6.42 Å². The van der Waals surface area contributed by atoms with Gasteiger partial charge in [-0.2, -0.15) is 0 Å². The van der Waals surface area contributed by atoms with E-state index in [4.69, 9.17) is 17.0 Å². The van der Waals surface area contributed by atoms with Crippen molar-refractivity contribution in [1.29, 1.82) is 0 Å². The van der Waals surface area contributed by atoms with E-state index in [2.05, 4.69) is 5.32 Å². The SMILES string of the molecule is COc1ccc(CN2C(=S)N(C3CCCCC3)C(=O)C2CC(=O)Nc2ccccc2)cc1. The summed E-state index contributed by atoms with van der Waals surface area (Å²) in [5, 5.41) is 3.44. The number of benzene rings is 2. The number of carbonyl (C=O) groups is 2. The van der Waals surface area contributed by atoms with Gasteiger partial charge in [0.25, 0.3) is 5.91 Å². The van der Waals surface area contributed by atoms with Gasteiger partial charge in [0.05, 0.1) is 13.5 Å². The molecular weight excluding hydrogens is 422 g/mol. The van der Waals surface area contributed by atoms with Crippen LogP contribution in [0.4, 0.5) is 5.69 Å². The number of rotatable bonds is 7. The average molecular weight is 452 g/mol. The number of para-hydroxylation sites is 1. The van der Waals surface area contributed by atoms with Crippen LogP contribution in [0.15, 0.2) is 54.6 Å². The lowest BCUT2D eigenvalue weighted by Crippen LogP contribution is -2.42. The second-order valence-electron chi connectivity index (χ2n) is 8.39. The highest BCUT2D eigenvalue weighted by molar-refractivity contribution is 7.80. The normalized spacial score (nSPS) is 19.3. The van der Waals surface area contributed by atoms with Gasteiger partial charge in [0.15, 0.2) is 5.11 Å². The van der Waals surface area contributed by atoms with E-state index >= 15 is 0 Å². The minimum atomic E-state index is -0.602. The van der Waals surface area contributed by atoms with Crippen LogP contribution in [0.3, 0.4) is 0 Å². The van der Waals surface area contributed by atoms with Crippen molar-refractivity contribution < 1.29 is 14.3 Å². The zero-order valence-electron chi connectivity index (χ0n) is 18.3. The summed E-state index contributed by atoms with van der Waals surface area (Å²) in [6.07, 6.45) is 5.40. The van der Waals surface area contributed by atoms with Gasteiger partial charge >= 0.3 is 0 Å². The number of amides is 2. The Morgan fingerprint density at radius 3 is 2.41 bits per heavy atom. The van der Waals surface area contributed by atoms with E-state index in [1.807, 2.05) is 59.5 Å². The molecule has 1 aliphatic heterocycles. The van der Waals surface area contributed by atoms with Crippen molar-refractivity contribution in [3.05, 3.63) is 60.2 Å². The van der Waals surface area contributed by atoms with E-state index in [1.54, 1.807) is 12.0 Å². The van der Waals surface area contributed by atoms with E-state index in [-0.39, 0.29) is 24.3 Å². The van der Waals surface area contributed by atoms with Crippen LogP contribution in [0, 0.1) is 0 Å². The molecule has 1 aliphatic carbocycles. The molecule has 2 aromatic carbocycles. The van der Waals surface area contributed by atoms with Crippen LogP contribution in [0.1, 0.15) is 44.1 Å². The first-order chi connectivity index (χ1) is 15.6. The molecule has 1 unspecified atom stereocenters. The molecule has 0 bridgehead atoms. The van der Waals surface area contributed by atoms with Crippen molar-refractivity contribution in [3.8, 4) is 5.75 Å². The van der Waals surface area contributed by atoms with Gasteiger partial charge < -0.3 is 15.0 Å². The van der Waals surface area contributed by atoms with Gasteiger partial charge in [-0.3, -0.25) is 14.5 Å². The molecule has 2 amide bonds. The van der Waals surface area contributed by atoms with E-state index in [0.29, 0.717) is 11.7 Å². The largest absolute Gasteiger partial charge is 0.497 e. The zero-order valence-corrected chi connectivity index (χ0v) is 19.1. The Hall–Kier alpha value is -2.93. The Balaban J connectivity index is 1.54. The second-order valence-corrected chi connectivity index (χ2v) is 8.76. The highest BCUT2D eigenvalue weighted by Gasteiger charge is 2.46. The molecular formula is C25H29N3O3S. The standard InChI is InChI=1S/C25H29N3O3S/c1-31-21-14-12-18(13-15-21)17-27-22(16-23(29)26-19-8-4-2-5-9-19)24(30)28(25(27)32)20-10-6-3-7-11-20/h2,4-5,8-9,12-15,20,22H,3,6-7,10-11,16-17H2,1H3,(H,26,29). The van der Waals surface area contributed by atoms with E-state index in [0.717, 1.165) is 42.7 Å². The lowest BCUT2D eigenvalue weighted by atomic mass is 9.94. The van der Waals surface area contributed by atoms with Crippen LogP contribution in [0.5, 0.6) is 5.75 Å². The molecule has 4 rings (SSSR count). The van der Waals surface area contributed by atoms with Gasteiger partial charge in [0, 0.05) is 18.3 Å². The molecule has 1 atom stereocenters. The van der Waals surface area contributed by atoms with E-state index in [9.17, 15) is 9.59 Å². The fourth-order valence-corrected chi connectivity index (χ4v) is 4.98.